The van der Waals surface area contributed by atoms with Gasteiger partial charge in [-0.05, 0) is 31.7 Å². The fourth-order valence-electron chi connectivity index (χ4n) is 3.48. The van der Waals surface area contributed by atoms with E-state index >= 15 is 0 Å². The molecule has 134 valence electrons. The molecule has 1 atom stereocenters. The lowest BCUT2D eigenvalue weighted by molar-refractivity contribution is -0.157. The Labute approximate surface area is 148 Å². The van der Waals surface area contributed by atoms with Crippen LogP contribution < -0.4 is 0 Å². The maximum atomic E-state index is 12.6. The molecule has 2 saturated heterocycles. The molecule has 0 aliphatic carbocycles. The summed E-state index contributed by atoms with van der Waals surface area (Å²) in [7, 11) is 0. The van der Waals surface area contributed by atoms with Gasteiger partial charge in [-0.25, -0.2) is 0 Å². The van der Waals surface area contributed by atoms with Crippen LogP contribution in [0.15, 0.2) is 30.3 Å². The van der Waals surface area contributed by atoms with Gasteiger partial charge in [-0.2, -0.15) is 0 Å². The third kappa shape index (κ3) is 4.00. The van der Waals surface area contributed by atoms with Gasteiger partial charge in [-0.3, -0.25) is 14.4 Å². The zero-order valence-corrected chi connectivity index (χ0v) is 14.7. The molecular formula is C19H25N3O3. The van der Waals surface area contributed by atoms with Gasteiger partial charge in [-0.1, -0.05) is 30.3 Å². The van der Waals surface area contributed by atoms with Crippen LogP contribution in [0.2, 0.25) is 0 Å². The smallest absolute Gasteiger partial charge is 0.245 e. The first-order valence-corrected chi connectivity index (χ1v) is 8.96. The first kappa shape index (κ1) is 17.5. The Morgan fingerprint density at radius 3 is 2.48 bits per heavy atom. The number of nitrogens with zero attached hydrogens (tertiary/aromatic N) is 3. The second kappa shape index (κ2) is 7.68. The zero-order chi connectivity index (χ0) is 17.8. The monoisotopic (exact) mass is 343 g/mol. The van der Waals surface area contributed by atoms with Crippen LogP contribution in [-0.4, -0.2) is 71.2 Å². The number of amides is 3. The van der Waals surface area contributed by atoms with Crippen molar-refractivity contribution in [3.63, 3.8) is 0 Å². The van der Waals surface area contributed by atoms with Gasteiger partial charge in [0.15, 0.2) is 0 Å². The normalized spacial score (nSPS) is 21.2. The summed E-state index contributed by atoms with van der Waals surface area (Å²) < 4.78 is 0. The molecule has 3 amide bonds. The van der Waals surface area contributed by atoms with Crippen LogP contribution in [0.5, 0.6) is 0 Å². The van der Waals surface area contributed by atoms with Crippen LogP contribution in [0.25, 0.3) is 0 Å². The molecule has 6 heteroatoms. The topological polar surface area (TPSA) is 60.9 Å². The average molecular weight is 343 g/mol. The molecule has 1 aromatic carbocycles. The number of rotatable bonds is 5. The minimum atomic E-state index is -0.580. The molecule has 0 saturated carbocycles. The van der Waals surface area contributed by atoms with Crippen LogP contribution in [-0.2, 0) is 20.8 Å². The van der Waals surface area contributed by atoms with Crippen molar-refractivity contribution in [2.24, 2.45) is 0 Å². The van der Waals surface area contributed by atoms with Crippen LogP contribution in [0.4, 0.5) is 0 Å². The van der Waals surface area contributed by atoms with Crippen molar-refractivity contribution in [2.45, 2.75) is 32.2 Å². The van der Waals surface area contributed by atoms with Gasteiger partial charge in [0.2, 0.25) is 17.7 Å². The summed E-state index contributed by atoms with van der Waals surface area (Å²) in [5, 5.41) is 0. The molecule has 0 spiro atoms. The van der Waals surface area contributed by atoms with Crippen molar-refractivity contribution >= 4 is 17.7 Å². The van der Waals surface area contributed by atoms with Gasteiger partial charge in [-0.15, -0.1) is 0 Å². The van der Waals surface area contributed by atoms with Crippen molar-refractivity contribution in [3.05, 3.63) is 35.9 Å². The number of benzene rings is 1. The fourth-order valence-corrected chi connectivity index (χ4v) is 3.48. The first-order chi connectivity index (χ1) is 12.1. The molecule has 0 N–H and O–H groups in total. The highest BCUT2D eigenvalue weighted by Gasteiger charge is 2.37. The van der Waals surface area contributed by atoms with Crippen LogP contribution in [0.1, 0.15) is 25.3 Å². The summed E-state index contributed by atoms with van der Waals surface area (Å²) in [6.07, 6.45) is 2.75. The minimum absolute atomic E-state index is 0.0122. The molecule has 0 unspecified atom stereocenters. The summed E-state index contributed by atoms with van der Waals surface area (Å²) in [4.78, 5) is 42.2. The predicted octanol–water partition coefficient (Wildman–Crippen LogP) is 0.911. The standard InChI is InChI=1S/C19H25N3O3/c1-15-19(25)21(12-9-16-7-3-2-4-8-16)13-18(24)22(15)14-17(23)20-10-5-6-11-20/h2-4,7-8,15H,5-6,9-14H2,1H3/t15-/m0/s1. The highest BCUT2D eigenvalue weighted by Crippen LogP contribution is 2.15. The first-order valence-electron chi connectivity index (χ1n) is 8.96. The number of piperazine rings is 1. The molecule has 2 fully saturated rings. The largest absolute Gasteiger partial charge is 0.341 e. The number of likely N-dealkylation sites (tertiary alicyclic amines) is 1. The van der Waals surface area contributed by atoms with Gasteiger partial charge in [0.05, 0.1) is 6.54 Å². The van der Waals surface area contributed by atoms with E-state index in [0.29, 0.717) is 6.54 Å². The van der Waals surface area contributed by atoms with Gasteiger partial charge >= 0.3 is 0 Å². The molecule has 0 aromatic heterocycles. The lowest BCUT2D eigenvalue weighted by Gasteiger charge is -2.39. The Balaban J connectivity index is 1.58. The average Bonchev–Trinajstić information content (AvgIpc) is 3.16. The maximum Gasteiger partial charge on any atom is 0.245 e. The summed E-state index contributed by atoms with van der Waals surface area (Å²) >= 11 is 0. The summed E-state index contributed by atoms with van der Waals surface area (Å²) in [5.74, 6) is -0.277. The van der Waals surface area contributed by atoms with E-state index in [1.165, 1.54) is 4.90 Å². The second-order valence-electron chi connectivity index (χ2n) is 6.78. The van der Waals surface area contributed by atoms with Crippen LogP contribution in [0, 0.1) is 0 Å². The van der Waals surface area contributed by atoms with E-state index in [2.05, 4.69) is 0 Å². The van der Waals surface area contributed by atoms with Crippen molar-refractivity contribution in [1.82, 2.24) is 14.7 Å². The van der Waals surface area contributed by atoms with Gasteiger partial charge in [0.1, 0.15) is 12.6 Å². The molecule has 0 bridgehead atoms. The Morgan fingerprint density at radius 2 is 1.80 bits per heavy atom. The van der Waals surface area contributed by atoms with Gasteiger partial charge < -0.3 is 14.7 Å². The molecular weight excluding hydrogens is 318 g/mol. The van der Waals surface area contributed by atoms with Crippen molar-refractivity contribution in [3.8, 4) is 0 Å². The van der Waals surface area contributed by atoms with E-state index in [1.807, 2.05) is 30.3 Å². The van der Waals surface area contributed by atoms with Gasteiger partial charge in [0.25, 0.3) is 0 Å². The second-order valence-corrected chi connectivity index (χ2v) is 6.78. The minimum Gasteiger partial charge on any atom is -0.341 e. The lowest BCUT2D eigenvalue weighted by Crippen LogP contribution is -2.60. The van der Waals surface area contributed by atoms with Crippen LogP contribution >= 0.6 is 0 Å². The quantitative estimate of drug-likeness (QED) is 0.798. The molecule has 1 aromatic rings. The fraction of sp³-hybridized carbons (Fsp3) is 0.526. The molecule has 2 heterocycles. The third-order valence-corrected chi connectivity index (χ3v) is 5.06. The van der Waals surface area contributed by atoms with E-state index in [0.717, 1.165) is 37.9 Å². The number of hydrogen-bond donors (Lipinski definition) is 0. The lowest BCUT2D eigenvalue weighted by atomic mass is 10.1. The Bertz CT molecular complexity index is 641. The summed E-state index contributed by atoms with van der Waals surface area (Å²) in [6, 6.07) is 9.33. The highest BCUT2D eigenvalue weighted by atomic mass is 16.2. The highest BCUT2D eigenvalue weighted by molar-refractivity contribution is 5.96. The SMILES string of the molecule is C[C@H]1C(=O)N(CCc2ccccc2)CC(=O)N1CC(=O)N1CCCC1. The van der Waals surface area contributed by atoms with E-state index < -0.39 is 6.04 Å². The Morgan fingerprint density at radius 1 is 1.12 bits per heavy atom. The molecule has 2 aliphatic heterocycles. The van der Waals surface area contributed by atoms with Crippen LogP contribution in [0.3, 0.4) is 0 Å². The Hall–Kier alpha value is -2.37. The van der Waals surface area contributed by atoms with Crippen molar-refractivity contribution in [2.75, 3.05) is 32.7 Å². The van der Waals surface area contributed by atoms with E-state index in [4.69, 9.17) is 0 Å². The zero-order valence-electron chi connectivity index (χ0n) is 14.7. The summed E-state index contributed by atoms with van der Waals surface area (Å²) in [5.41, 5.74) is 1.14. The van der Waals surface area contributed by atoms with Crippen molar-refractivity contribution < 1.29 is 14.4 Å². The molecule has 6 nitrogen and oxygen atoms in total. The third-order valence-electron chi connectivity index (χ3n) is 5.06. The Kier molecular flexibility index (Phi) is 5.36. The number of carbonyl (C=O) groups is 3. The van der Waals surface area contributed by atoms with E-state index in [9.17, 15) is 14.4 Å². The number of carbonyl (C=O) groups excluding carboxylic acids is 3. The predicted molar refractivity (Wildman–Crippen MR) is 93.7 cm³/mol. The molecule has 3 rings (SSSR count). The van der Waals surface area contributed by atoms with E-state index in [-0.39, 0.29) is 30.8 Å². The molecule has 25 heavy (non-hydrogen) atoms. The summed E-state index contributed by atoms with van der Waals surface area (Å²) in [6.45, 7) is 3.82. The molecule has 0 radical (unpaired) electrons. The van der Waals surface area contributed by atoms with Gasteiger partial charge in [0, 0.05) is 19.6 Å². The maximum absolute atomic E-state index is 12.6. The number of hydrogen-bond acceptors (Lipinski definition) is 3. The van der Waals surface area contributed by atoms with Crippen molar-refractivity contribution in [1.29, 1.82) is 0 Å². The molecule has 2 aliphatic rings. The van der Waals surface area contributed by atoms with E-state index in [1.54, 1.807) is 16.7 Å².